The number of hydrogen-bond donors (Lipinski definition) is 2. The molecule has 0 saturated carbocycles. The maximum atomic E-state index is 11.9. The van der Waals surface area contributed by atoms with E-state index >= 15 is 0 Å². The van der Waals surface area contributed by atoms with Gasteiger partial charge in [0, 0.05) is 11.8 Å². The summed E-state index contributed by atoms with van der Waals surface area (Å²) in [6.07, 6.45) is 0. The summed E-state index contributed by atoms with van der Waals surface area (Å²) >= 11 is 0.888. The Labute approximate surface area is 119 Å². The Morgan fingerprint density at radius 3 is 2.85 bits per heavy atom. The monoisotopic (exact) mass is 295 g/mol. The van der Waals surface area contributed by atoms with Crippen LogP contribution >= 0.6 is 11.8 Å². The number of nitrogens with zero attached hydrogens (tertiary/aromatic N) is 1. The number of carbonyl (C=O) groups is 3. The number of anilines is 2. The van der Waals surface area contributed by atoms with Crippen LogP contribution in [0.25, 0.3) is 0 Å². The van der Waals surface area contributed by atoms with Crippen LogP contribution in [0.3, 0.4) is 0 Å². The number of nitrogens with two attached hydrogens (primary N) is 1. The molecule has 3 N–H and O–H groups in total. The lowest BCUT2D eigenvalue weighted by Gasteiger charge is -2.14. The van der Waals surface area contributed by atoms with Crippen LogP contribution in [0.4, 0.5) is 16.2 Å². The van der Waals surface area contributed by atoms with Gasteiger partial charge < -0.3 is 15.8 Å². The van der Waals surface area contributed by atoms with Crippen molar-refractivity contribution in [1.29, 1.82) is 0 Å². The molecule has 1 saturated heterocycles. The number of rotatable bonds is 4. The molecule has 1 heterocycles. The second-order valence-electron chi connectivity index (χ2n) is 4.04. The van der Waals surface area contributed by atoms with Gasteiger partial charge in [-0.2, -0.15) is 0 Å². The number of carbonyl (C=O) groups excluding carboxylic acids is 3. The summed E-state index contributed by atoms with van der Waals surface area (Å²) in [5.41, 5.74) is 6.54. The Morgan fingerprint density at radius 2 is 2.25 bits per heavy atom. The van der Waals surface area contributed by atoms with Crippen molar-refractivity contribution in [2.75, 3.05) is 30.5 Å². The standard InChI is InChI=1S/C12H13N3O4S/c1-19-9-4-7(13)2-3-8(9)14-10(16)5-15-11(17)6-20-12(15)18/h2-4H,5-6,13H2,1H3,(H,14,16). The second kappa shape index (κ2) is 5.83. The van der Waals surface area contributed by atoms with Crippen molar-refractivity contribution in [1.82, 2.24) is 4.90 Å². The fourth-order valence-corrected chi connectivity index (χ4v) is 2.40. The van der Waals surface area contributed by atoms with E-state index in [1.807, 2.05) is 0 Å². The normalized spacial score (nSPS) is 14.6. The first kappa shape index (κ1) is 14.2. The van der Waals surface area contributed by atoms with Gasteiger partial charge in [-0.15, -0.1) is 0 Å². The Hall–Kier alpha value is -2.22. The number of benzene rings is 1. The van der Waals surface area contributed by atoms with Gasteiger partial charge in [-0.1, -0.05) is 11.8 Å². The minimum Gasteiger partial charge on any atom is -0.494 e. The van der Waals surface area contributed by atoms with E-state index in [1.54, 1.807) is 18.2 Å². The highest BCUT2D eigenvalue weighted by molar-refractivity contribution is 8.14. The van der Waals surface area contributed by atoms with Crippen molar-refractivity contribution in [2.45, 2.75) is 0 Å². The van der Waals surface area contributed by atoms with E-state index in [0.29, 0.717) is 17.1 Å². The summed E-state index contributed by atoms with van der Waals surface area (Å²) in [6.45, 7) is -0.307. The van der Waals surface area contributed by atoms with Gasteiger partial charge in [0.15, 0.2) is 0 Å². The molecule has 0 aliphatic carbocycles. The Balaban J connectivity index is 2.05. The molecule has 8 heteroatoms. The lowest BCUT2D eigenvalue weighted by molar-refractivity contribution is -0.128. The van der Waals surface area contributed by atoms with Crippen LogP contribution in [0, 0.1) is 0 Å². The zero-order valence-corrected chi connectivity index (χ0v) is 11.5. The van der Waals surface area contributed by atoms with E-state index in [0.717, 1.165) is 16.7 Å². The average Bonchev–Trinajstić information content (AvgIpc) is 2.72. The highest BCUT2D eigenvalue weighted by Crippen LogP contribution is 2.26. The molecule has 0 spiro atoms. The highest BCUT2D eigenvalue weighted by atomic mass is 32.2. The first-order valence-corrected chi connectivity index (χ1v) is 6.70. The topological polar surface area (TPSA) is 102 Å². The molecule has 2 rings (SSSR count). The van der Waals surface area contributed by atoms with E-state index in [1.165, 1.54) is 7.11 Å². The average molecular weight is 295 g/mol. The molecule has 0 bridgehead atoms. The molecule has 1 aromatic carbocycles. The minimum absolute atomic E-state index is 0.0807. The number of ether oxygens (including phenoxy) is 1. The SMILES string of the molecule is COc1cc(N)ccc1NC(=O)CN1C(=O)CSC1=O. The summed E-state index contributed by atoms with van der Waals surface area (Å²) < 4.78 is 5.09. The Morgan fingerprint density at radius 1 is 1.50 bits per heavy atom. The van der Waals surface area contributed by atoms with Gasteiger partial charge in [-0.05, 0) is 12.1 Å². The van der Waals surface area contributed by atoms with Gasteiger partial charge in [0.2, 0.25) is 11.8 Å². The van der Waals surface area contributed by atoms with Gasteiger partial charge in [0.1, 0.15) is 12.3 Å². The predicted molar refractivity (Wildman–Crippen MR) is 75.6 cm³/mol. The summed E-state index contributed by atoms with van der Waals surface area (Å²) in [5, 5.41) is 2.17. The molecule has 0 unspecified atom stereocenters. The zero-order chi connectivity index (χ0) is 14.7. The van der Waals surface area contributed by atoms with Gasteiger partial charge >= 0.3 is 0 Å². The smallest absolute Gasteiger partial charge is 0.289 e. The van der Waals surface area contributed by atoms with Crippen molar-refractivity contribution < 1.29 is 19.1 Å². The summed E-state index contributed by atoms with van der Waals surface area (Å²) in [4.78, 5) is 35.6. The molecule has 7 nitrogen and oxygen atoms in total. The molecular formula is C12H13N3O4S. The summed E-state index contributed by atoms with van der Waals surface area (Å²) in [6, 6.07) is 4.77. The van der Waals surface area contributed by atoms with E-state index in [9.17, 15) is 14.4 Å². The number of nitrogen functional groups attached to an aromatic ring is 1. The molecular weight excluding hydrogens is 282 g/mol. The molecule has 0 radical (unpaired) electrons. The first-order valence-electron chi connectivity index (χ1n) is 5.71. The third-order valence-electron chi connectivity index (χ3n) is 2.64. The number of hydrogen-bond acceptors (Lipinski definition) is 6. The summed E-state index contributed by atoms with van der Waals surface area (Å²) in [7, 11) is 1.45. The maximum Gasteiger partial charge on any atom is 0.289 e. The van der Waals surface area contributed by atoms with Crippen molar-refractivity contribution in [3.8, 4) is 5.75 Å². The molecule has 0 aromatic heterocycles. The van der Waals surface area contributed by atoms with Crippen molar-refractivity contribution in [2.24, 2.45) is 0 Å². The quantitative estimate of drug-likeness (QED) is 0.801. The van der Waals surface area contributed by atoms with Gasteiger partial charge in [0.05, 0.1) is 18.6 Å². The fraction of sp³-hybridized carbons (Fsp3) is 0.250. The van der Waals surface area contributed by atoms with Gasteiger partial charge in [-0.25, -0.2) is 0 Å². The summed E-state index contributed by atoms with van der Waals surface area (Å²) in [5.74, 6) is -0.347. The Kier molecular flexibility index (Phi) is 4.14. The van der Waals surface area contributed by atoms with Crippen LogP contribution in [0.15, 0.2) is 18.2 Å². The first-order chi connectivity index (χ1) is 9.51. The van der Waals surface area contributed by atoms with Crippen LogP contribution in [0.5, 0.6) is 5.75 Å². The predicted octanol–water partition coefficient (Wildman–Crippen LogP) is 0.911. The second-order valence-corrected chi connectivity index (χ2v) is 4.97. The number of amides is 3. The number of thioether (sulfide) groups is 1. The number of nitrogens with one attached hydrogen (secondary N) is 1. The molecule has 1 aliphatic heterocycles. The van der Waals surface area contributed by atoms with Crippen LogP contribution in [0.1, 0.15) is 0 Å². The van der Waals surface area contributed by atoms with Crippen molar-refractivity contribution in [3.63, 3.8) is 0 Å². The van der Waals surface area contributed by atoms with E-state index < -0.39 is 11.1 Å². The molecule has 3 amide bonds. The van der Waals surface area contributed by atoms with E-state index in [2.05, 4.69) is 5.32 Å². The lowest BCUT2D eigenvalue weighted by atomic mass is 10.2. The number of methoxy groups -OCH3 is 1. The zero-order valence-electron chi connectivity index (χ0n) is 10.7. The molecule has 106 valence electrons. The molecule has 1 aromatic rings. The molecule has 1 fully saturated rings. The molecule has 0 atom stereocenters. The van der Waals surface area contributed by atoms with E-state index in [-0.39, 0.29) is 18.2 Å². The Bertz CT molecular complexity index is 560. The molecule has 1 aliphatic rings. The fourth-order valence-electron chi connectivity index (χ4n) is 1.68. The van der Waals surface area contributed by atoms with Crippen LogP contribution in [0.2, 0.25) is 0 Å². The number of imide groups is 1. The van der Waals surface area contributed by atoms with Crippen LogP contribution < -0.4 is 15.8 Å². The van der Waals surface area contributed by atoms with Crippen LogP contribution in [-0.4, -0.2) is 41.4 Å². The largest absolute Gasteiger partial charge is 0.494 e. The van der Waals surface area contributed by atoms with Crippen LogP contribution in [-0.2, 0) is 9.59 Å². The molecule has 20 heavy (non-hydrogen) atoms. The minimum atomic E-state index is -0.475. The maximum absolute atomic E-state index is 11.9. The van der Waals surface area contributed by atoms with Gasteiger partial charge in [-0.3, -0.25) is 19.3 Å². The van der Waals surface area contributed by atoms with Crippen molar-refractivity contribution >= 4 is 40.2 Å². The highest BCUT2D eigenvalue weighted by Gasteiger charge is 2.31. The third kappa shape index (κ3) is 3.02. The third-order valence-corrected chi connectivity index (χ3v) is 3.50. The lowest BCUT2D eigenvalue weighted by Crippen LogP contribution is -2.36. The van der Waals surface area contributed by atoms with Gasteiger partial charge in [0.25, 0.3) is 5.24 Å². The van der Waals surface area contributed by atoms with Crippen molar-refractivity contribution in [3.05, 3.63) is 18.2 Å². The van der Waals surface area contributed by atoms with E-state index in [4.69, 9.17) is 10.5 Å².